The Kier molecular flexibility index (Phi) is 5.57. The van der Waals surface area contributed by atoms with Gasteiger partial charge in [-0.2, -0.15) is 0 Å². The van der Waals surface area contributed by atoms with Gasteiger partial charge in [0.25, 0.3) is 0 Å². The van der Waals surface area contributed by atoms with Crippen molar-refractivity contribution in [2.24, 2.45) is 0 Å². The number of carbonyl (C=O) groups excluding carboxylic acids is 1. The molecule has 2 aliphatic rings. The summed E-state index contributed by atoms with van der Waals surface area (Å²) >= 11 is 0. The number of hydrogen-bond acceptors (Lipinski definition) is 3. The molecule has 4 heteroatoms. The second kappa shape index (κ2) is 7.66. The van der Waals surface area contributed by atoms with Gasteiger partial charge in [-0.25, -0.2) is 0 Å². The monoisotopic (exact) mass is 331 g/mol. The van der Waals surface area contributed by atoms with Crippen molar-refractivity contribution in [1.29, 1.82) is 0 Å². The SMILES string of the molecule is O=C(CC1(O)CCCCC1)N1CCCC1CC(O)c1ccccc1. The highest BCUT2D eigenvalue weighted by Crippen LogP contribution is 2.33. The van der Waals surface area contributed by atoms with Crippen molar-refractivity contribution < 1.29 is 15.0 Å². The van der Waals surface area contributed by atoms with Gasteiger partial charge in [-0.1, -0.05) is 49.6 Å². The summed E-state index contributed by atoms with van der Waals surface area (Å²) < 4.78 is 0. The first-order chi connectivity index (χ1) is 11.6. The Balaban J connectivity index is 1.59. The summed E-state index contributed by atoms with van der Waals surface area (Å²) in [5.74, 6) is 0.0576. The summed E-state index contributed by atoms with van der Waals surface area (Å²) in [4.78, 5) is 14.6. The molecular weight excluding hydrogens is 302 g/mol. The van der Waals surface area contributed by atoms with Crippen LogP contribution in [0, 0.1) is 0 Å². The lowest BCUT2D eigenvalue weighted by atomic mass is 9.82. The van der Waals surface area contributed by atoms with Crippen molar-refractivity contribution in [2.75, 3.05) is 6.54 Å². The Morgan fingerprint density at radius 3 is 2.58 bits per heavy atom. The van der Waals surface area contributed by atoms with Crippen LogP contribution in [-0.2, 0) is 4.79 Å². The maximum absolute atomic E-state index is 12.7. The number of hydrogen-bond donors (Lipinski definition) is 2. The number of nitrogens with zero attached hydrogens (tertiary/aromatic N) is 1. The zero-order chi connectivity index (χ0) is 17.0. The smallest absolute Gasteiger partial charge is 0.225 e. The number of likely N-dealkylation sites (tertiary alicyclic amines) is 1. The highest BCUT2D eigenvalue weighted by atomic mass is 16.3. The molecule has 1 heterocycles. The van der Waals surface area contributed by atoms with Gasteiger partial charge in [-0.15, -0.1) is 0 Å². The number of aliphatic hydroxyl groups is 2. The molecule has 1 aromatic rings. The van der Waals surface area contributed by atoms with Gasteiger partial charge in [0.05, 0.1) is 18.1 Å². The van der Waals surface area contributed by atoms with E-state index in [1.807, 2.05) is 35.2 Å². The van der Waals surface area contributed by atoms with Crippen LogP contribution in [0.3, 0.4) is 0 Å². The Morgan fingerprint density at radius 1 is 1.17 bits per heavy atom. The summed E-state index contributed by atoms with van der Waals surface area (Å²) in [6.45, 7) is 0.751. The maximum atomic E-state index is 12.7. The van der Waals surface area contributed by atoms with E-state index in [1.54, 1.807) is 0 Å². The summed E-state index contributed by atoms with van der Waals surface area (Å²) in [5.41, 5.74) is 0.100. The molecule has 0 spiro atoms. The van der Waals surface area contributed by atoms with Crippen LogP contribution in [0.2, 0.25) is 0 Å². The van der Waals surface area contributed by atoms with Gasteiger partial charge in [0, 0.05) is 12.6 Å². The predicted octanol–water partition coefficient (Wildman–Crippen LogP) is 3.19. The molecule has 24 heavy (non-hydrogen) atoms. The highest BCUT2D eigenvalue weighted by Gasteiger charge is 2.37. The molecule has 132 valence electrons. The zero-order valence-electron chi connectivity index (χ0n) is 14.4. The first-order valence-electron chi connectivity index (χ1n) is 9.32. The van der Waals surface area contributed by atoms with E-state index in [9.17, 15) is 15.0 Å². The lowest BCUT2D eigenvalue weighted by Crippen LogP contribution is -2.43. The van der Waals surface area contributed by atoms with Crippen LogP contribution in [0.5, 0.6) is 0 Å². The minimum absolute atomic E-state index is 0.0576. The molecule has 2 N–H and O–H groups in total. The third-order valence-corrected chi connectivity index (χ3v) is 5.64. The fourth-order valence-electron chi connectivity index (χ4n) is 4.25. The fourth-order valence-corrected chi connectivity index (χ4v) is 4.25. The van der Waals surface area contributed by atoms with Gasteiger partial charge in [0.2, 0.25) is 5.91 Å². The Bertz CT molecular complexity index is 539. The molecule has 2 fully saturated rings. The molecule has 1 aliphatic heterocycles. The predicted molar refractivity (Wildman–Crippen MR) is 93.4 cm³/mol. The molecule has 1 aromatic carbocycles. The topological polar surface area (TPSA) is 60.8 Å². The second-order valence-corrected chi connectivity index (χ2v) is 7.51. The molecule has 1 amide bonds. The third kappa shape index (κ3) is 4.17. The Hall–Kier alpha value is -1.39. The standard InChI is InChI=1S/C20H29NO3/c22-18(16-8-3-1-4-9-16)14-17-10-7-13-21(17)19(23)15-20(24)11-5-2-6-12-20/h1,3-4,8-9,17-18,22,24H,2,5-7,10-15H2. The van der Waals surface area contributed by atoms with E-state index in [0.29, 0.717) is 6.42 Å². The lowest BCUT2D eigenvalue weighted by molar-refractivity contribution is -0.139. The zero-order valence-corrected chi connectivity index (χ0v) is 14.4. The highest BCUT2D eigenvalue weighted by molar-refractivity contribution is 5.78. The van der Waals surface area contributed by atoms with Crippen molar-refractivity contribution in [3.63, 3.8) is 0 Å². The quantitative estimate of drug-likeness (QED) is 0.871. The summed E-state index contributed by atoms with van der Waals surface area (Å²) in [7, 11) is 0. The average molecular weight is 331 g/mol. The number of amides is 1. The summed E-state index contributed by atoms with van der Waals surface area (Å²) in [6.07, 6.45) is 6.87. The fraction of sp³-hybridized carbons (Fsp3) is 0.650. The van der Waals surface area contributed by atoms with Crippen molar-refractivity contribution >= 4 is 5.91 Å². The van der Waals surface area contributed by atoms with Crippen LogP contribution in [0.4, 0.5) is 0 Å². The van der Waals surface area contributed by atoms with E-state index < -0.39 is 11.7 Å². The van der Waals surface area contributed by atoms with Gasteiger partial charge in [-0.05, 0) is 37.7 Å². The maximum Gasteiger partial charge on any atom is 0.225 e. The summed E-state index contributed by atoms with van der Waals surface area (Å²) in [5, 5.41) is 21.1. The molecule has 0 bridgehead atoms. The third-order valence-electron chi connectivity index (χ3n) is 5.64. The molecule has 1 aliphatic carbocycles. The van der Waals surface area contributed by atoms with Crippen LogP contribution in [-0.4, -0.2) is 39.2 Å². The number of carbonyl (C=O) groups is 1. The molecule has 2 unspecified atom stereocenters. The van der Waals surface area contributed by atoms with Crippen LogP contribution in [0.15, 0.2) is 30.3 Å². The minimum atomic E-state index is -0.805. The molecular formula is C20H29NO3. The molecule has 0 aromatic heterocycles. The van der Waals surface area contributed by atoms with Crippen molar-refractivity contribution in [2.45, 2.75) is 75.5 Å². The first-order valence-corrected chi connectivity index (χ1v) is 9.32. The van der Waals surface area contributed by atoms with Gasteiger partial charge in [-0.3, -0.25) is 4.79 Å². The average Bonchev–Trinajstić information content (AvgIpc) is 3.04. The molecule has 3 rings (SSSR count). The molecule has 1 saturated heterocycles. The summed E-state index contributed by atoms with van der Waals surface area (Å²) in [6, 6.07) is 9.73. The first kappa shape index (κ1) is 17.4. The number of aliphatic hydroxyl groups excluding tert-OH is 1. The van der Waals surface area contributed by atoms with E-state index in [-0.39, 0.29) is 18.4 Å². The van der Waals surface area contributed by atoms with Gasteiger partial charge in [0.1, 0.15) is 0 Å². The van der Waals surface area contributed by atoms with E-state index in [1.165, 1.54) is 0 Å². The van der Waals surface area contributed by atoms with Crippen LogP contribution < -0.4 is 0 Å². The van der Waals surface area contributed by atoms with Crippen molar-refractivity contribution in [3.05, 3.63) is 35.9 Å². The van der Waals surface area contributed by atoms with Crippen LogP contribution in [0.1, 0.15) is 69.5 Å². The van der Waals surface area contributed by atoms with Gasteiger partial charge in [0.15, 0.2) is 0 Å². The Labute approximate surface area is 144 Å². The van der Waals surface area contributed by atoms with E-state index in [2.05, 4.69) is 0 Å². The molecule has 0 radical (unpaired) electrons. The van der Waals surface area contributed by atoms with E-state index >= 15 is 0 Å². The van der Waals surface area contributed by atoms with E-state index in [4.69, 9.17) is 0 Å². The number of rotatable bonds is 5. The second-order valence-electron chi connectivity index (χ2n) is 7.51. The van der Waals surface area contributed by atoms with E-state index in [0.717, 1.165) is 57.1 Å². The van der Waals surface area contributed by atoms with Crippen molar-refractivity contribution in [1.82, 2.24) is 4.90 Å². The van der Waals surface area contributed by atoms with Crippen LogP contribution >= 0.6 is 0 Å². The Morgan fingerprint density at radius 2 is 1.88 bits per heavy atom. The molecule has 1 saturated carbocycles. The minimum Gasteiger partial charge on any atom is -0.389 e. The molecule has 4 nitrogen and oxygen atoms in total. The largest absolute Gasteiger partial charge is 0.389 e. The van der Waals surface area contributed by atoms with Crippen LogP contribution in [0.25, 0.3) is 0 Å². The van der Waals surface area contributed by atoms with Gasteiger partial charge < -0.3 is 15.1 Å². The number of benzene rings is 1. The lowest BCUT2D eigenvalue weighted by Gasteiger charge is -2.34. The molecule has 2 atom stereocenters. The van der Waals surface area contributed by atoms with Crippen molar-refractivity contribution in [3.8, 4) is 0 Å². The van der Waals surface area contributed by atoms with Gasteiger partial charge >= 0.3 is 0 Å². The normalized spacial score (nSPS) is 24.8.